The van der Waals surface area contributed by atoms with Gasteiger partial charge in [-0.05, 0) is 37.3 Å². The molecule has 0 heterocycles. The fraction of sp³-hybridized carbons (Fsp3) is 0.294. The van der Waals surface area contributed by atoms with E-state index in [0.29, 0.717) is 17.2 Å². The standard InChI is InChI=1S/C17H20FNO5S/c1-5-19(15-8-6-12(22-2)10-17(15)24-4)25(20,21)13-7-9-16(23-3)14(18)11-13/h6-11H,5H2,1-4H3. The Morgan fingerprint density at radius 3 is 2.16 bits per heavy atom. The van der Waals surface area contributed by atoms with E-state index < -0.39 is 15.8 Å². The summed E-state index contributed by atoms with van der Waals surface area (Å²) < 4.78 is 56.3. The first-order chi connectivity index (χ1) is 11.9. The van der Waals surface area contributed by atoms with Gasteiger partial charge >= 0.3 is 0 Å². The molecule has 0 N–H and O–H groups in total. The molecule has 0 saturated heterocycles. The van der Waals surface area contributed by atoms with Gasteiger partial charge in [-0.15, -0.1) is 0 Å². The fourth-order valence-electron chi connectivity index (χ4n) is 2.40. The fourth-order valence-corrected chi connectivity index (χ4v) is 3.89. The van der Waals surface area contributed by atoms with Gasteiger partial charge in [-0.1, -0.05) is 0 Å². The number of ether oxygens (including phenoxy) is 3. The van der Waals surface area contributed by atoms with Crippen LogP contribution in [0.25, 0.3) is 0 Å². The Balaban J connectivity index is 2.54. The number of hydrogen-bond acceptors (Lipinski definition) is 5. The molecule has 2 aromatic rings. The molecule has 0 unspecified atom stereocenters. The van der Waals surface area contributed by atoms with Crippen LogP contribution in [0.15, 0.2) is 41.3 Å². The summed E-state index contributed by atoms with van der Waals surface area (Å²) in [7, 11) is 0.265. The molecular formula is C17H20FNO5S. The van der Waals surface area contributed by atoms with Crippen LogP contribution in [0, 0.1) is 5.82 Å². The van der Waals surface area contributed by atoms with Crippen molar-refractivity contribution in [3.05, 3.63) is 42.2 Å². The summed E-state index contributed by atoms with van der Waals surface area (Å²) in [4.78, 5) is -0.175. The Kier molecular flexibility index (Phi) is 5.73. The summed E-state index contributed by atoms with van der Waals surface area (Å²) >= 11 is 0. The third-order valence-corrected chi connectivity index (χ3v) is 5.54. The van der Waals surface area contributed by atoms with E-state index in [1.54, 1.807) is 25.1 Å². The molecule has 6 nitrogen and oxygen atoms in total. The zero-order valence-electron chi connectivity index (χ0n) is 14.4. The average Bonchev–Trinajstić information content (AvgIpc) is 2.62. The molecule has 25 heavy (non-hydrogen) atoms. The Morgan fingerprint density at radius 1 is 0.960 bits per heavy atom. The van der Waals surface area contributed by atoms with E-state index in [1.807, 2.05) is 0 Å². The van der Waals surface area contributed by atoms with Gasteiger partial charge in [0.1, 0.15) is 11.5 Å². The molecule has 8 heteroatoms. The van der Waals surface area contributed by atoms with Crippen molar-refractivity contribution in [2.24, 2.45) is 0 Å². The highest BCUT2D eigenvalue weighted by atomic mass is 32.2. The predicted octanol–water partition coefficient (Wildman–Crippen LogP) is 3.07. The number of anilines is 1. The first-order valence-electron chi connectivity index (χ1n) is 7.47. The molecule has 0 aliphatic rings. The minimum absolute atomic E-state index is 0.0240. The van der Waals surface area contributed by atoms with Gasteiger partial charge in [0, 0.05) is 12.6 Å². The predicted molar refractivity (Wildman–Crippen MR) is 92.7 cm³/mol. The lowest BCUT2D eigenvalue weighted by molar-refractivity contribution is 0.385. The summed E-state index contributed by atoms with van der Waals surface area (Å²) in [6, 6.07) is 8.31. The number of nitrogens with zero attached hydrogens (tertiary/aromatic N) is 1. The van der Waals surface area contributed by atoms with Crippen molar-refractivity contribution in [1.29, 1.82) is 0 Å². The zero-order valence-corrected chi connectivity index (χ0v) is 15.3. The largest absolute Gasteiger partial charge is 0.497 e. The van der Waals surface area contributed by atoms with Crippen LogP contribution >= 0.6 is 0 Å². The van der Waals surface area contributed by atoms with Gasteiger partial charge < -0.3 is 14.2 Å². The molecule has 2 aromatic carbocycles. The highest BCUT2D eigenvalue weighted by Crippen LogP contribution is 2.35. The van der Waals surface area contributed by atoms with Crippen LogP contribution < -0.4 is 18.5 Å². The van der Waals surface area contributed by atoms with Crippen LogP contribution in [0.5, 0.6) is 17.2 Å². The maximum Gasteiger partial charge on any atom is 0.264 e. The number of rotatable bonds is 7. The average molecular weight is 369 g/mol. The topological polar surface area (TPSA) is 65.1 Å². The van der Waals surface area contributed by atoms with Gasteiger partial charge in [-0.2, -0.15) is 0 Å². The van der Waals surface area contributed by atoms with Crippen LogP contribution in [0.3, 0.4) is 0 Å². The maximum absolute atomic E-state index is 13.9. The molecule has 0 saturated carbocycles. The number of benzene rings is 2. The van der Waals surface area contributed by atoms with Crippen LogP contribution in [0.1, 0.15) is 6.92 Å². The minimum Gasteiger partial charge on any atom is -0.497 e. The number of methoxy groups -OCH3 is 3. The lowest BCUT2D eigenvalue weighted by Gasteiger charge is -2.25. The molecule has 0 fully saturated rings. The van der Waals surface area contributed by atoms with Crippen molar-refractivity contribution in [2.45, 2.75) is 11.8 Å². The molecule has 136 valence electrons. The summed E-state index contributed by atoms with van der Waals surface area (Å²) in [6.45, 7) is 1.82. The number of sulfonamides is 1. The molecule has 0 bridgehead atoms. The Hall–Kier alpha value is -2.48. The normalized spacial score (nSPS) is 11.1. The molecule has 0 aliphatic carbocycles. The van der Waals surface area contributed by atoms with E-state index in [4.69, 9.17) is 14.2 Å². The molecule has 0 aliphatic heterocycles. The summed E-state index contributed by atoms with van der Waals surface area (Å²) in [5.41, 5.74) is 0.335. The highest BCUT2D eigenvalue weighted by Gasteiger charge is 2.27. The first kappa shape index (κ1) is 18.9. The van der Waals surface area contributed by atoms with Crippen LogP contribution in [0.4, 0.5) is 10.1 Å². The van der Waals surface area contributed by atoms with Crippen molar-refractivity contribution in [3.63, 3.8) is 0 Å². The van der Waals surface area contributed by atoms with Gasteiger partial charge in [0.25, 0.3) is 10.0 Å². The van der Waals surface area contributed by atoms with E-state index in [9.17, 15) is 12.8 Å². The van der Waals surface area contributed by atoms with Crippen molar-refractivity contribution < 1.29 is 27.0 Å². The van der Waals surface area contributed by atoms with Gasteiger partial charge in [0.2, 0.25) is 0 Å². The number of halogens is 1. The molecule has 0 radical (unpaired) electrons. The number of hydrogen-bond donors (Lipinski definition) is 0. The van der Waals surface area contributed by atoms with Gasteiger partial charge in [-0.3, -0.25) is 4.31 Å². The first-order valence-corrected chi connectivity index (χ1v) is 8.91. The van der Waals surface area contributed by atoms with Crippen LogP contribution in [-0.2, 0) is 10.0 Å². The van der Waals surface area contributed by atoms with E-state index in [2.05, 4.69) is 0 Å². The molecular weight excluding hydrogens is 349 g/mol. The minimum atomic E-state index is -3.99. The Labute approximate surface area is 146 Å². The van der Waals surface area contributed by atoms with Gasteiger partial charge in [0.15, 0.2) is 11.6 Å². The van der Waals surface area contributed by atoms with Crippen molar-refractivity contribution >= 4 is 15.7 Å². The summed E-state index contributed by atoms with van der Waals surface area (Å²) in [5.74, 6) is 0.0913. The molecule has 0 spiro atoms. The molecule has 0 amide bonds. The van der Waals surface area contributed by atoms with Crippen LogP contribution in [0.2, 0.25) is 0 Å². The van der Waals surface area contributed by atoms with E-state index in [-0.39, 0.29) is 17.2 Å². The van der Waals surface area contributed by atoms with E-state index >= 15 is 0 Å². The quantitative estimate of drug-likeness (QED) is 0.750. The molecule has 2 rings (SSSR count). The van der Waals surface area contributed by atoms with Gasteiger partial charge in [-0.25, -0.2) is 12.8 Å². The summed E-state index contributed by atoms with van der Waals surface area (Å²) in [5, 5.41) is 0. The maximum atomic E-state index is 13.9. The monoisotopic (exact) mass is 369 g/mol. The Morgan fingerprint density at radius 2 is 1.64 bits per heavy atom. The smallest absolute Gasteiger partial charge is 0.264 e. The third-order valence-electron chi connectivity index (χ3n) is 3.65. The molecule has 0 aromatic heterocycles. The SMILES string of the molecule is CCN(c1ccc(OC)cc1OC)S(=O)(=O)c1ccc(OC)c(F)c1. The van der Waals surface area contributed by atoms with Crippen molar-refractivity contribution in [2.75, 3.05) is 32.2 Å². The van der Waals surface area contributed by atoms with Crippen molar-refractivity contribution in [3.8, 4) is 17.2 Å². The molecule has 0 atom stereocenters. The summed E-state index contributed by atoms with van der Waals surface area (Å²) in [6.07, 6.45) is 0. The third kappa shape index (κ3) is 3.63. The van der Waals surface area contributed by atoms with Gasteiger partial charge in [0.05, 0.1) is 31.9 Å². The second-order valence-electron chi connectivity index (χ2n) is 5.00. The lowest BCUT2D eigenvalue weighted by Crippen LogP contribution is -2.31. The second kappa shape index (κ2) is 7.60. The van der Waals surface area contributed by atoms with E-state index in [0.717, 1.165) is 10.4 Å². The zero-order chi connectivity index (χ0) is 18.6. The van der Waals surface area contributed by atoms with Crippen LogP contribution in [-0.4, -0.2) is 36.3 Å². The lowest BCUT2D eigenvalue weighted by atomic mass is 10.2. The second-order valence-corrected chi connectivity index (χ2v) is 6.87. The van der Waals surface area contributed by atoms with Crippen molar-refractivity contribution in [1.82, 2.24) is 0 Å². The Bertz CT molecular complexity index is 854. The van der Waals surface area contributed by atoms with E-state index in [1.165, 1.54) is 33.5 Å². The highest BCUT2D eigenvalue weighted by molar-refractivity contribution is 7.92.